The minimum Gasteiger partial charge on any atom is -0.383 e. The van der Waals surface area contributed by atoms with E-state index in [2.05, 4.69) is 21.2 Å². The monoisotopic (exact) mass is 323 g/mol. The molecule has 0 saturated heterocycles. The molecule has 0 aliphatic carbocycles. The Morgan fingerprint density at radius 1 is 1.35 bits per heavy atom. The lowest BCUT2D eigenvalue weighted by Gasteiger charge is -2.08. The van der Waals surface area contributed by atoms with Crippen LogP contribution in [0.2, 0.25) is 0 Å². The zero-order chi connectivity index (χ0) is 12.9. The zero-order valence-electron chi connectivity index (χ0n) is 9.54. The fourth-order valence-electron chi connectivity index (χ4n) is 1.39. The van der Waals surface area contributed by atoms with Crippen LogP contribution in [0.4, 0.5) is 10.1 Å². The second kappa shape index (κ2) is 6.35. The van der Waals surface area contributed by atoms with E-state index >= 15 is 0 Å². The molecule has 0 radical (unpaired) electrons. The lowest BCUT2D eigenvalue weighted by atomic mass is 10.3. The number of anilines is 1. The number of sulfone groups is 1. The fraction of sp³-hybridized carbons (Fsp3) is 0.455. The molecule has 0 unspecified atom stereocenters. The highest BCUT2D eigenvalue weighted by molar-refractivity contribution is 9.10. The molecule has 17 heavy (non-hydrogen) atoms. The van der Waals surface area contributed by atoms with E-state index in [0.29, 0.717) is 23.1 Å². The van der Waals surface area contributed by atoms with Gasteiger partial charge in [0.25, 0.3) is 0 Å². The van der Waals surface area contributed by atoms with E-state index in [1.165, 1.54) is 12.1 Å². The molecule has 0 bridgehead atoms. The SMILES string of the molecule is CCCS(=O)(=O)CCNc1ccc(F)cc1Br. The van der Waals surface area contributed by atoms with Crippen molar-refractivity contribution in [3.05, 3.63) is 28.5 Å². The van der Waals surface area contributed by atoms with E-state index in [4.69, 9.17) is 0 Å². The number of hydrogen-bond donors (Lipinski definition) is 1. The normalized spacial score (nSPS) is 11.5. The van der Waals surface area contributed by atoms with Gasteiger partial charge in [-0.1, -0.05) is 6.92 Å². The average Bonchev–Trinajstić information content (AvgIpc) is 2.21. The summed E-state index contributed by atoms with van der Waals surface area (Å²) in [6, 6.07) is 4.24. The van der Waals surface area contributed by atoms with Crippen LogP contribution in [0.1, 0.15) is 13.3 Å². The topological polar surface area (TPSA) is 46.2 Å². The Morgan fingerprint density at radius 2 is 2.06 bits per heavy atom. The minimum atomic E-state index is -2.97. The number of halogens is 2. The molecule has 0 saturated carbocycles. The lowest BCUT2D eigenvalue weighted by Crippen LogP contribution is -2.18. The van der Waals surface area contributed by atoms with Crippen LogP contribution in [0.15, 0.2) is 22.7 Å². The molecule has 1 aromatic rings. The smallest absolute Gasteiger partial charge is 0.152 e. The van der Waals surface area contributed by atoms with Crippen molar-refractivity contribution < 1.29 is 12.8 Å². The Bertz CT molecular complexity index is 476. The standard InChI is InChI=1S/C11H15BrFNO2S/c1-2-6-17(15,16)7-5-14-11-4-3-9(13)8-10(11)12/h3-4,8,14H,2,5-7H2,1H3. The Labute approximate surface area is 109 Å². The van der Waals surface area contributed by atoms with E-state index < -0.39 is 9.84 Å². The Morgan fingerprint density at radius 3 is 2.65 bits per heavy atom. The quantitative estimate of drug-likeness (QED) is 0.875. The Kier molecular flexibility index (Phi) is 5.39. The summed E-state index contributed by atoms with van der Waals surface area (Å²) in [5.74, 6) is -0.0368. The van der Waals surface area contributed by atoms with Gasteiger partial charge >= 0.3 is 0 Å². The van der Waals surface area contributed by atoms with Crippen molar-refractivity contribution in [1.82, 2.24) is 0 Å². The fourth-order valence-corrected chi connectivity index (χ4v) is 3.12. The molecule has 96 valence electrons. The zero-order valence-corrected chi connectivity index (χ0v) is 11.9. The third-order valence-corrected chi connectivity index (χ3v) is 4.69. The molecule has 0 aromatic heterocycles. The van der Waals surface area contributed by atoms with E-state index in [1.54, 1.807) is 6.07 Å². The Hall–Kier alpha value is -0.620. The highest BCUT2D eigenvalue weighted by Gasteiger charge is 2.09. The highest BCUT2D eigenvalue weighted by atomic mass is 79.9. The third-order valence-electron chi connectivity index (χ3n) is 2.17. The van der Waals surface area contributed by atoms with Gasteiger partial charge < -0.3 is 5.32 Å². The van der Waals surface area contributed by atoms with Crippen molar-refractivity contribution in [3.63, 3.8) is 0 Å². The maximum Gasteiger partial charge on any atom is 0.152 e. The van der Waals surface area contributed by atoms with E-state index in [9.17, 15) is 12.8 Å². The molecule has 0 aliphatic heterocycles. The summed E-state index contributed by atoms with van der Waals surface area (Å²) in [6.07, 6.45) is 0.628. The lowest BCUT2D eigenvalue weighted by molar-refractivity contribution is 0.595. The van der Waals surface area contributed by atoms with Gasteiger partial charge in [-0.15, -0.1) is 0 Å². The van der Waals surface area contributed by atoms with Crippen molar-refractivity contribution in [2.45, 2.75) is 13.3 Å². The summed E-state index contributed by atoms with van der Waals surface area (Å²) in [5, 5.41) is 2.96. The molecule has 3 nitrogen and oxygen atoms in total. The Balaban J connectivity index is 2.51. The summed E-state index contributed by atoms with van der Waals surface area (Å²) >= 11 is 3.21. The first-order valence-electron chi connectivity index (χ1n) is 5.34. The molecular weight excluding hydrogens is 309 g/mol. The molecule has 0 aliphatic rings. The maximum absolute atomic E-state index is 12.8. The molecule has 0 amide bonds. The number of rotatable bonds is 6. The van der Waals surface area contributed by atoms with Crippen molar-refractivity contribution in [1.29, 1.82) is 0 Å². The van der Waals surface area contributed by atoms with Gasteiger partial charge in [-0.25, -0.2) is 12.8 Å². The first kappa shape index (κ1) is 14.4. The first-order chi connectivity index (χ1) is 7.94. The molecule has 0 fully saturated rings. The van der Waals surface area contributed by atoms with Crippen LogP contribution in [-0.4, -0.2) is 26.5 Å². The molecule has 1 N–H and O–H groups in total. The highest BCUT2D eigenvalue weighted by Crippen LogP contribution is 2.22. The predicted octanol–water partition coefficient (Wildman–Crippen LogP) is 2.82. The summed E-state index contributed by atoms with van der Waals surface area (Å²) in [7, 11) is -2.97. The largest absolute Gasteiger partial charge is 0.383 e. The molecular formula is C11H15BrFNO2S. The second-order valence-electron chi connectivity index (χ2n) is 3.70. The van der Waals surface area contributed by atoms with E-state index in [1.807, 2.05) is 6.92 Å². The van der Waals surface area contributed by atoms with Crippen molar-refractivity contribution in [2.24, 2.45) is 0 Å². The maximum atomic E-state index is 12.8. The van der Waals surface area contributed by atoms with Gasteiger partial charge in [0.05, 0.1) is 5.75 Å². The summed E-state index contributed by atoms with van der Waals surface area (Å²) < 4.78 is 36.3. The van der Waals surface area contributed by atoms with Crippen LogP contribution in [-0.2, 0) is 9.84 Å². The van der Waals surface area contributed by atoms with Crippen LogP contribution >= 0.6 is 15.9 Å². The minimum absolute atomic E-state index is 0.0880. The molecule has 0 heterocycles. The van der Waals surface area contributed by atoms with E-state index in [0.717, 1.165) is 0 Å². The first-order valence-corrected chi connectivity index (χ1v) is 7.95. The van der Waals surface area contributed by atoms with Gasteiger partial charge in [0, 0.05) is 22.5 Å². The van der Waals surface area contributed by atoms with Gasteiger partial charge in [-0.2, -0.15) is 0 Å². The van der Waals surface area contributed by atoms with Crippen molar-refractivity contribution in [3.8, 4) is 0 Å². The van der Waals surface area contributed by atoms with Crippen LogP contribution in [0.5, 0.6) is 0 Å². The van der Waals surface area contributed by atoms with Gasteiger partial charge in [0.2, 0.25) is 0 Å². The molecule has 1 rings (SSSR count). The third kappa shape index (κ3) is 5.04. The number of nitrogens with one attached hydrogen (secondary N) is 1. The molecule has 0 spiro atoms. The van der Waals surface area contributed by atoms with Crippen molar-refractivity contribution in [2.75, 3.05) is 23.4 Å². The summed E-state index contributed by atoms with van der Waals surface area (Å²) in [6.45, 7) is 2.16. The van der Waals surface area contributed by atoms with Gasteiger partial charge in [-0.3, -0.25) is 0 Å². The van der Waals surface area contributed by atoms with Gasteiger partial charge in [0.1, 0.15) is 5.82 Å². The van der Waals surface area contributed by atoms with Gasteiger partial charge in [0.15, 0.2) is 9.84 Å². The molecule has 0 atom stereocenters. The number of hydrogen-bond acceptors (Lipinski definition) is 3. The van der Waals surface area contributed by atoms with Gasteiger partial charge in [-0.05, 0) is 40.5 Å². The van der Waals surface area contributed by atoms with Crippen LogP contribution in [0.25, 0.3) is 0 Å². The number of benzene rings is 1. The summed E-state index contributed by atoms with van der Waals surface area (Å²) in [5.41, 5.74) is 0.693. The summed E-state index contributed by atoms with van der Waals surface area (Å²) in [4.78, 5) is 0. The predicted molar refractivity (Wildman–Crippen MR) is 71.5 cm³/mol. The van der Waals surface area contributed by atoms with Crippen LogP contribution in [0.3, 0.4) is 0 Å². The van der Waals surface area contributed by atoms with Crippen LogP contribution < -0.4 is 5.32 Å². The molecule has 1 aromatic carbocycles. The molecule has 6 heteroatoms. The van der Waals surface area contributed by atoms with Crippen molar-refractivity contribution >= 4 is 31.5 Å². The average molecular weight is 324 g/mol. The van der Waals surface area contributed by atoms with E-state index in [-0.39, 0.29) is 17.3 Å². The van der Waals surface area contributed by atoms with Crippen LogP contribution in [0, 0.1) is 5.82 Å². The second-order valence-corrected chi connectivity index (χ2v) is 6.86.